The van der Waals surface area contributed by atoms with E-state index in [1.807, 2.05) is 27.7 Å². The van der Waals surface area contributed by atoms with Gasteiger partial charge >= 0.3 is 0 Å². The average molecular weight is 286 g/mol. The van der Waals surface area contributed by atoms with Gasteiger partial charge in [0.15, 0.2) is 0 Å². The molecule has 118 valence electrons. The molecule has 0 aromatic carbocycles. The topological polar surface area (TPSA) is 36.9 Å². The van der Waals surface area contributed by atoms with E-state index in [2.05, 4.69) is 27.0 Å². The maximum atomic E-state index is 5.48. The first kappa shape index (κ1) is 19.3. The molecular weight excluding hydrogens is 256 g/mol. The first-order valence-electron chi connectivity index (χ1n) is 6.96. The van der Waals surface area contributed by atoms with Gasteiger partial charge in [0, 0.05) is 6.42 Å². The van der Waals surface area contributed by atoms with Gasteiger partial charge in [-0.2, -0.15) is 9.78 Å². The van der Waals surface area contributed by atoms with Gasteiger partial charge < -0.3 is 0 Å². The Labute approximate surface area is 123 Å². The zero-order chi connectivity index (χ0) is 16.0. The second-order valence-electron chi connectivity index (χ2n) is 6.68. The Morgan fingerprint density at radius 1 is 0.800 bits per heavy atom. The van der Waals surface area contributed by atoms with Crippen LogP contribution < -0.4 is 0 Å². The Balaban J connectivity index is 4.74. The second-order valence-corrected chi connectivity index (χ2v) is 6.68. The van der Waals surface area contributed by atoms with Crippen LogP contribution in [-0.4, -0.2) is 17.0 Å². The molecule has 0 heterocycles. The fourth-order valence-electron chi connectivity index (χ4n) is 1.28. The summed E-state index contributed by atoms with van der Waals surface area (Å²) in [5.41, 5.74) is -1.20. The third kappa shape index (κ3) is 7.80. The summed E-state index contributed by atoms with van der Waals surface area (Å²) in [7, 11) is 0. The Morgan fingerprint density at radius 2 is 1.15 bits per heavy atom. The summed E-state index contributed by atoms with van der Waals surface area (Å²) < 4.78 is 0. The molecule has 0 spiro atoms. The van der Waals surface area contributed by atoms with Crippen molar-refractivity contribution < 1.29 is 19.6 Å². The lowest BCUT2D eigenvalue weighted by molar-refractivity contribution is -0.534. The zero-order valence-electron chi connectivity index (χ0n) is 14.0. The predicted molar refractivity (Wildman–Crippen MR) is 80.8 cm³/mol. The zero-order valence-corrected chi connectivity index (χ0v) is 14.0. The molecule has 0 amide bonds. The molecule has 20 heavy (non-hydrogen) atoms. The number of hydrogen-bond donors (Lipinski definition) is 0. The van der Waals surface area contributed by atoms with Crippen LogP contribution in [0, 0.1) is 5.92 Å². The third-order valence-corrected chi connectivity index (χ3v) is 2.63. The lowest BCUT2D eigenvalue weighted by Crippen LogP contribution is -2.40. The summed E-state index contributed by atoms with van der Waals surface area (Å²) in [5.74, 6) is -0.653. The van der Waals surface area contributed by atoms with Gasteiger partial charge in [-0.1, -0.05) is 26.0 Å². The van der Waals surface area contributed by atoms with E-state index in [0.717, 1.165) is 0 Å². The van der Waals surface area contributed by atoms with Crippen molar-refractivity contribution in [1.29, 1.82) is 0 Å². The summed E-state index contributed by atoms with van der Waals surface area (Å²) in [6.45, 7) is 20.7. The van der Waals surface area contributed by atoms with Crippen molar-refractivity contribution in [2.45, 2.75) is 71.9 Å². The SMILES string of the molecule is C=CC(C)(C)OOC(C)(CC(C)C)OOC(C)(C)C=C. The van der Waals surface area contributed by atoms with E-state index in [1.165, 1.54) is 0 Å². The minimum absolute atomic E-state index is 0.353. The lowest BCUT2D eigenvalue weighted by atomic mass is 10.0. The van der Waals surface area contributed by atoms with E-state index in [9.17, 15) is 0 Å². The summed E-state index contributed by atoms with van der Waals surface area (Å²) in [6.07, 6.45) is 3.95. The fourth-order valence-corrected chi connectivity index (χ4v) is 1.28. The fraction of sp³-hybridized carbons (Fsp3) is 0.750. The van der Waals surface area contributed by atoms with Crippen LogP contribution in [0.4, 0.5) is 0 Å². The molecule has 0 radical (unpaired) electrons. The molecular formula is C16H30O4. The monoisotopic (exact) mass is 286 g/mol. The molecule has 0 aliphatic carbocycles. The molecule has 0 aliphatic heterocycles. The minimum atomic E-state index is -1.01. The highest BCUT2D eigenvalue weighted by atomic mass is 17.3. The predicted octanol–water partition coefficient (Wildman–Crippen LogP) is 4.57. The normalized spacial score (nSPS) is 13.6. The first-order valence-corrected chi connectivity index (χ1v) is 6.96. The van der Waals surface area contributed by atoms with Crippen LogP contribution in [0.1, 0.15) is 54.9 Å². The van der Waals surface area contributed by atoms with Crippen molar-refractivity contribution in [3.63, 3.8) is 0 Å². The maximum absolute atomic E-state index is 5.48. The standard InChI is InChI=1S/C16H30O4/c1-10-14(5,6)17-19-16(9,12-13(3)4)20-18-15(7,8)11-2/h10-11,13H,1-2,12H2,3-9H3. The van der Waals surface area contributed by atoms with E-state index in [0.29, 0.717) is 12.3 Å². The largest absolute Gasteiger partial charge is 0.231 e. The molecule has 0 aliphatic rings. The average Bonchev–Trinajstić information content (AvgIpc) is 2.34. The number of rotatable bonds is 10. The van der Waals surface area contributed by atoms with Crippen molar-refractivity contribution in [2.75, 3.05) is 0 Å². The second kappa shape index (κ2) is 7.36. The molecule has 0 saturated heterocycles. The Morgan fingerprint density at radius 3 is 1.40 bits per heavy atom. The van der Waals surface area contributed by atoms with Gasteiger partial charge in [-0.3, -0.25) is 0 Å². The van der Waals surface area contributed by atoms with Crippen molar-refractivity contribution in [1.82, 2.24) is 0 Å². The molecule has 0 fully saturated rings. The lowest BCUT2D eigenvalue weighted by Gasteiger charge is -2.34. The van der Waals surface area contributed by atoms with Gasteiger partial charge in [-0.05, 0) is 40.5 Å². The van der Waals surface area contributed by atoms with Crippen molar-refractivity contribution in [2.24, 2.45) is 5.92 Å². The molecule has 0 aromatic rings. The van der Waals surface area contributed by atoms with Gasteiger partial charge in [0.1, 0.15) is 11.2 Å². The van der Waals surface area contributed by atoms with Crippen molar-refractivity contribution in [3.05, 3.63) is 25.3 Å². The molecule has 0 atom stereocenters. The van der Waals surface area contributed by atoms with Crippen LogP contribution in [0.25, 0.3) is 0 Å². The highest BCUT2D eigenvalue weighted by Gasteiger charge is 2.35. The van der Waals surface area contributed by atoms with Crippen molar-refractivity contribution in [3.8, 4) is 0 Å². The highest BCUT2D eigenvalue weighted by Crippen LogP contribution is 2.28. The van der Waals surface area contributed by atoms with E-state index < -0.39 is 17.0 Å². The van der Waals surface area contributed by atoms with Crippen LogP contribution in [-0.2, 0) is 19.6 Å². The molecule has 0 aromatic heterocycles. The molecule has 0 bridgehead atoms. The first-order chi connectivity index (χ1) is 8.95. The van der Waals surface area contributed by atoms with Crippen molar-refractivity contribution >= 4 is 0 Å². The molecule has 0 rings (SSSR count). The maximum Gasteiger partial charge on any atom is 0.231 e. The van der Waals surface area contributed by atoms with E-state index in [-0.39, 0.29) is 0 Å². The van der Waals surface area contributed by atoms with E-state index in [4.69, 9.17) is 19.6 Å². The van der Waals surface area contributed by atoms with E-state index in [1.54, 1.807) is 19.1 Å². The van der Waals surface area contributed by atoms with Gasteiger partial charge in [0.25, 0.3) is 0 Å². The van der Waals surface area contributed by atoms with Gasteiger partial charge in [0.2, 0.25) is 5.79 Å². The third-order valence-electron chi connectivity index (χ3n) is 2.63. The van der Waals surface area contributed by atoms with Crippen LogP contribution >= 0.6 is 0 Å². The van der Waals surface area contributed by atoms with Gasteiger partial charge in [-0.15, -0.1) is 13.2 Å². The molecule has 4 nitrogen and oxygen atoms in total. The molecule has 4 heteroatoms. The summed E-state index contributed by atoms with van der Waals surface area (Å²) in [6, 6.07) is 0. The van der Waals surface area contributed by atoms with E-state index >= 15 is 0 Å². The van der Waals surface area contributed by atoms with Gasteiger partial charge in [-0.25, -0.2) is 9.78 Å². The Kier molecular flexibility index (Phi) is 7.11. The number of hydrogen-bond acceptors (Lipinski definition) is 4. The van der Waals surface area contributed by atoms with Crippen LogP contribution in [0.3, 0.4) is 0 Å². The quantitative estimate of drug-likeness (QED) is 0.255. The molecule has 0 N–H and O–H groups in total. The smallest absolute Gasteiger partial charge is 0.223 e. The molecule has 0 saturated carbocycles. The Bertz CT molecular complexity index is 294. The molecule has 0 unspecified atom stereocenters. The van der Waals surface area contributed by atoms with Crippen LogP contribution in [0.5, 0.6) is 0 Å². The van der Waals surface area contributed by atoms with Crippen LogP contribution in [0.15, 0.2) is 25.3 Å². The summed E-state index contributed by atoms with van der Waals surface area (Å²) in [4.78, 5) is 21.8. The summed E-state index contributed by atoms with van der Waals surface area (Å²) >= 11 is 0. The minimum Gasteiger partial charge on any atom is -0.223 e. The highest BCUT2D eigenvalue weighted by molar-refractivity contribution is 4.89. The van der Waals surface area contributed by atoms with Gasteiger partial charge in [0.05, 0.1) is 0 Å². The van der Waals surface area contributed by atoms with Crippen LogP contribution in [0.2, 0.25) is 0 Å². The Hall–Kier alpha value is -0.680. The summed E-state index contributed by atoms with van der Waals surface area (Å²) in [5, 5.41) is 0.